The maximum absolute atomic E-state index is 12.8. The molecule has 0 bridgehead atoms. The van der Waals surface area contributed by atoms with Crippen molar-refractivity contribution in [3.8, 4) is 6.07 Å². The second-order valence-electron chi connectivity index (χ2n) is 8.03. The molecule has 36 heavy (non-hydrogen) atoms. The Hall–Kier alpha value is -3.63. The molecule has 1 aliphatic heterocycles. The predicted molar refractivity (Wildman–Crippen MR) is 131 cm³/mol. The van der Waals surface area contributed by atoms with Gasteiger partial charge in [-0.15, -0.1) is 11.3 Å². The number of hydrogen-bond donors (Lipinski definition) is 2. The average molecular weight is 523 g/mol. The minimum absolute atomic E-state index is 0.0391. The van der Waals surface area contributed by atoms with Crippen molar-refractivity contribution < 1.29 is 22.8 Å². The summed E-state index contributed by atoms with van der Waals surface area (Å²) >= 11 is 0.816. The Morgan fingerprint density at radius 2 is 2.03 bits per heavy atom. The van der Waals surface area contributed by atoms with Crippen LogP contribution in [-0.2, 0) is 16.1 Å². The van der Waals surface area contributed by atoms with Gasteiger partial charge in [0.05, 0.1) is 6.54 Å². The number of anilines is 2. The molecule has 0 saturated carbocycles. The number of nitrogens with zero attached hydrogens (tertiary/aromatic N) is 4. The topological polar surface area (TPSA) is 110 Å². The van der Waals surface area contributed by atoms with Crippen LogP contribution in [0.4, 0.5) is 24.5 Å². The van der Waals surface area contributed by atoms with Crippen molar-refractivity contribution in [2.75, 3.05) is 43.4 Å². The summed E-state index contributed by atoms with van der Waals surface area (Å²) in [4.78, 5) is 41.1. The second-order valence-corrected chi connectivity index (χ2v) is 9.06. The van der Waals surface area contributed by atoms with Crippen molar-refractivity contribution in [1.82, 2.24) is 14.8 Å². The van der Waals surface area contributed by atoms with Gasteiger partial charge in [-0.2, -0.15) is 18.4 Å². The number of carbonyl (C=O) groups is 2. The van der Waals surface area contributed by atoms with Crippen LogP contribution >= 0.6 is 11.3 Å². The first-order valence-electron chi connectivity index (χ1n) is 11.1. The van der Waals surface area contributed by atoms with E-state index >= 15 is 0 Å². The molecule has 0 atom stereocenters. The van der Waals surface area contributed by atoms with Crippen molar-refractivity contribution in [2.24, 2.45) is 0 Å². The Morgan fingerprint density at radius 1 is 1.31 bits per heavy atom. The minimum Gasteiger partial charge on any atom is -0.360 e. The van der Waals surface area contributed by atoms with E-state index in [1.165, 1.54) is 6.20 Å². The maximum Gasteiger partial charge on any atom is 0.405 e. The summed E-state index contributed by atoms with van der Waals surface area (Å²) in [6, 6.07) is 8.60. The minimum atomic E-state index is -4.64. The average Bonchev–Trinajstić information content (AvgIpc) is 3.13. The Balaban J connectivity index is 1.87. The van der Waals surface area contributed by atoms with E-state index in [4.69, 9.17) is 0 Å². The Bertz CT molecular complexity index is 1350. The zero-order valence-electron chi connectivity index (χ0n) is 19.7. The molecule has 2 N–H and O–H groups in total. The number of thiazole rings is 1. The molecule has 192 valence electrons. The van der Waals surface area contributed by atoms with Gasteiger partial charge >= 0.3 is 6.18 Å². The summed E-state index contributed by atoms with van der Waals surface area (Å²) in [5.74, 6) is -1.26. The van der Waals surface area contributed by atoms with Crippen LogP contribution in [0.3, 0.4) is 0 Å². The van der Waals surface area contributed by atoms with E-state index in [2.05, 4.69) is 10.2 Å². The highest BCUT2D eigenvalue weighted by molar-refractivity contribution is 7.07. The highest BCUT2D eigenvalue weighted by atomic mass is 32.1. The zero-order valence-corrected chi connectivity index (χ0v) is 20.5. The molecular weight excluding hydrogens is 497 g/mol. The number of likely N-dealkylation sites (N-methyl/N-ethyl adjacent to an activating group) is 1. The van der Waals surface area contributed by atoms with E-state index in [1.807, 2.05) is 0 Å². The quantitative estimate of drug-likeness (QED) is 0.531. The summed E-state index contributed by atoms with van der Waals surface area (Å²) in [7, 11) is 1.68. The first-order valence-corrected chi connectivity index (χ1v) is 11.9. The third kappa shape index (κ3) is 6.52. The number of hydrogen-bond acceptors (Lipinski definition) is 7. The largest absolute Gasteiger partial charge is 0.405 e. The number of alkyl halides is 3. The molecule has 1 aromatic carbocycles. The SMILES string of the molecule is CCn1c(=O)/c(=C\Nc2cccc(N(C)C(=O)CN3CCC3)c2)s/c1=C(/C#N)C(=O)NCC(F)(F)F. The lowest BCUT2D eigenvalue weighted by atomic mass is 10.2. The lowest BCUT2D eigenvalue weighted by Gasteiger charge is -2.31. The number of benzene rings is 1. The molecule has 2 aromatic rings. The first-order chi connectivity index (χ1) is 17.0. The van der Waals surface area contributed by atoms with Crippen molar-refractivity contribution in [3.63, 3.8) is 0 Å². The van der Waals surface area contributed by atoms with Crippen LogP contribution in [0.25, 0.3) is 11.8 Å². The van der Waals surface area contributed by atoms with Crippen LogP contribution in [0, 0.1) is 11.3 Å². The Labute approximate surface area is 208 Å². The molecule has 2 amide bonds. The number of nitriles is 1. The van der Waals surface area contributed by atoms with E-state index < -0.39 is 29.8 Å². The van der Waals surface area contributed by atoms with Crippen LogP contribution < -0.4 is 30.3 Å². The van der Waals surface area contributed by atoms with Crippen molar-refractivity contribution in [3.05, 3.63) is 43.8 Å². The molecule has 1 aromatic heterocycles. The molecule has 0 aliphatic carbocycles. The molecule has 9 nitrogen and oxygen atoms in total. The third-order valence-corrected chi connectivity index (χ3v) is 6.64. The molecule has 0 unspecified atom stereocenters. The van der Waals surface area contributed by atoms with Gasteiger partial charge in [-0.1, -0.05) is 6.07 Å². The van der Waals surface area contributed by atoms with Gasteiger partial charge in [0, 0.05) is 31.2 Å². The summed E-state index contributed by atoms with van der Waals surface area (Å²) < 4.78 is 38.6. The van der Waals surface area contributed by atoms with Crippen LogP contribution in [0.15, 0.2) is 29.1 Å². The number of nitrogens with one attached hydrogen (secondary N) is 2. The highest BCUT2D eigenvalue weighted by Crippen LogP contribution is 2.19. The van der Waals surface area contributed by atoms with E-state index in [-0.39, 0.29) is 21.6 Å². The summed E-state index contributed by atoms with van der Waals surface area (Å²) in [6.45, 7) is 2.28. The number of rotatable bonds is 8. The van der Waals surface area contributed by atoms with Crippen LogP contribution in [-0.4, -0.2) is 60.7 Å². The molecule has 13 heteroatoms. The second kappa shape index (κ2) is 11.4. The monoisotopic (exact) mass is 522 g/mol. The molecule has 2 heterocycles. The molecule has 0 spiro atoms. The standard InChI is InChI=1S/C23H25F3N6O3S/c1-3-32-21(35)18(36-22(32)17(11-27)20(34)29-14-23(24,25)26)12-28-15-6-4-7-16(10-15)30(2)19(33)13-31-8-5-9-31/h4,6-7,10,12,28H,3,5,8-9,13-14H2,1-2H3,(H,29,34)/b18-12+,22-17-. The van der Waals surface area contributed by atoms with Crippen LogP contribution in [0.2, 0.25) is 0 Å². The van der Waals surface area contributed by atoms with E-state index in [9.17, 15) is 32.8 Å². The van der Waals surface area contributed by atoms with Gasteiger partial charge in [-0.25, -0.2) is 0 Å². The lowest BCUT2D eigenvalue weighted by molar-refractivity contribution is -0.135. The molecule has 3 rings (SSSR count). The fraction of sp³-hybridized carbons (Fsp3) is 0.391. The predicted octanol–water partition coefficient (Wildman–Crippen LogP) is 0.801. The number of likely N-dealkylation sites (tertiary alicyclic amines) is 1. The maximum atomic E-state index is 12.8. The van der Waals surface area contributed by atoms with E-state index in [0.29, 0.717) is 17.9 Å². The van der Waals surface area contributed by atoms with Gasteiger partial charge in [0.25, 0.3) is 11.5 Å². The Morgan fingerprint density at radius 3 is 2.61 bits per heavy atom. The molecule has 1 fully saturated rings. The summed E-state index contributed by atoms with van der Waals surface area (Å²) in [5.41, 5.74) is 0.158. The summed E-state index contributed by atoms with van der Waals surface area (Å²) in [6.07, 6.45) is -2.16. The lowest BCUT2D eigenvalue weighted by Crippen LogP contribution is -2.45. The normalized spacial score (nSPS) is 15.1. The van der Waals surface area contributed by atoms with Gasteiger partial charge in [0.2, 0.25) is 5.91 Å². The van der Waals surface area contributed by atoms with Crippen LogP contribution in [0.1, 0.15) is 13.3 Å². The third-order valence-electron chi connectivity index (χ3n) is 5.51. The number of aromatic nitrogens is 1. The fourth-order valence-electron chi connectivity index (χ4n) is 3.39. The van der Waals surface area contributed by atoms with Gasteiger partial charge < -0.3 is 15.5 Å². The fourth-order valence-corrected chi connectivity index (χ4v) is 4.48. The zero-order chi connectivity index (χ0) is 26.5. The summed E-state index contributed by atoms with van der Waals surface area (Å²) in [5, 5.41) is 14.0. The van der Waals surface area contributed by atoms with Gasteiger partial charge in [0.15, 0.2) is 5.57 Å². The highest BCUT2D eigenvalue weighted by Gasteiger charge is 2.29. The van der Waals surface area contributed by atoms with Gasteiger partial charge in [-0.3, -0.25) is 23.9 Å². The number of halogens is 3. The first kappa shape index (κ1) is 27.0. The van der Waals surface area contributed by atoms with Gasteiger partial charge in [-0.05, 0) is 44.6 Å². The number of amides is 2. The molecule has 1 saturated heterocycles. The smallest absolute Gasteiger partial charge is 0.360 e. The van der Waals surface area contributed by atoms with E-state index in [0.717, 1.165) is 35.4 Å². The van der Waals surface area contributed by atoms with Crippen molar-refractivity contribution in [2.45, 2.75) is 26.1 Å². The number of carbonyl (C=O) groups excluding carboxylic acids is 2. The Kier molecular flexibility index (Phi) is 8.54. The van der Waals surface area contributed by atoms with Gasteiger partial charge in [0.1, 0.15) is 21.8 Å². The molecule has 0 radical (unpaired) electrons. The van der Waals surface area contributed by atoms with Crippen molar-refractivity contribution in [1.29, 1.82) is 5.26 Å². The molecular formula is C23H25F3N6O3S. The molecule has 1 aliphatic rings. The van der Waals surface area contributed by atoms with Crippen LogP contribution in [0.5, 0.6) is 0 Å². The van der Waals surface area contributed by atoms with E-state index in [1.54, 1.807) is 54.5 Å². The van der Waals surface area contributed by atoms with Crippen molar-refractivity contribution >= 4 is 46.3 Å².